The van der Waals surface area contributed by atoms with Crippen molar-refractivity contribution in [3.05, 3.63) is 60.2 Å². The van der Waals surface area contributed by atoms with E-state index in [-0.39, 0.29) is 0 Å². The second-order valence-corrected chi connectivity index (χ2v) is 4.09. The van der Waals surface area contributed by atoms with Gasteiger partial charge in [0, 0.05) is 25.5 Å². The van der Waals surface area contributed by atoms with E-state index in [0.29, 0.717) is 0 Å². The Kier molecular flexibility index (Phi) is 5.08. The summed E-state index contributed by atoms with van der Waals surface area (Å²) >= 11 is 0. The molecule has 2 nitrogen and oxygen atoms in total. The molecule has 0 saturated heterocycles. The zero-order valence-corrected chi connectivity index (χ0v) is 10.7. The second kappa shape index (κ2) is 6.59. The summed E-state index contributed by atoms with van der Waals surface area (Å²) in [5.74, 6) is 0. The van der Waals surface area contributed by atoms with Crippen molar-refractivity contribution in [3.63, 3.8) is 0 Å². The van der Waals surface area contributed by atoms with Crippen LogP contribution in [0.25, 0.3) is 0 Å². The van der Waals surface area contributed by atoms with E-state index in [2.05, 4.69) is 50.2 Å². The summed E-state index contributed by atoms with van der Waals surface area (Å²) in [6, 6.07) is 17.8. The number of hydrogen-bond donors (Lipinski definition) is 1. The minimum absolute atomic E-state index is 0.822. The summed E-state index contributed by atoms with van der Waals surface area (Å²) in [7, 11) is 4.12. The lowest BCUT2D eigenvalue weighted by Crippen LogP contribution is -2.09. The fourth-order valence-corrected chi connectivity index (χ4v) is 1.52. The van der Waals surface area contributed by atoms with Gasteiger partial charge in [-0.2, -0.15) is 0 Å². The molecule has 0 aliphatic carbocycles. The van der Waals surface area contributed by atoms with Crippen molar-refractivity contribution < 1.29 is 0 Å². The van der Waals surface area contributed by atoms with Crippen LogP contribution in [0.5, 0.6) is 0 Å². The van der Waals surface area contributed by atoms with Gasteiger partial charge in [0.25, 0.3) is 0 Å². The molecule has 0 atom stereocenters. The van der Waals surface area contributed by atoms with Gasteiger partial charge in [-0.1, -0.05) is 36.4 Å². The van der Waals surface area contributed by atoms with Gasteiger partial charge in [0.2, 0.25) is 0 Å². The van der Waals surface area contributed by atoms with Crippen molar-refractivity contribution >= 4 is 11.4 Å². The number of rotatable bonds is 1. The molecular weight excluding hydrogens is 208 g/mol. The summed E-state index contributed by atoms with van der Waals surface area (Å²) in [5.41, 5.74) is 8.80. The fourth-order valence-electron chi connectivity index (χ4n) is 1.52. The standard InChI is InChI=1S/C9H13N.C6H7N/c1-8-6-4-5-7-9(8)10(2)3;7-6-4-2-1-3-5-6/h4-7H,1-3H3;1-5H,7H2. The summed E-state index contributed by atoms with van der Waals surface area (Å²) in [6.45, 7) is 2.12. The van der Waals surface area contributed by atoms with Crippen LogP contribution in [0.1, 0.15) is 5.56 Å². The van der Waals surface area contributed by atoms with Gasteiger partial charge in [0.1, 0.15) is 0 Å². The van der Waals surface area contributed by atoms with Crippen LogP contribution in [0.2, 0.25) is 0 Å². The molecule has 17 heavy (non-hydrogen) atoms. The van der Waals surface area contributed by atoms with Crippen molar-refractivity contribution in [1.82, 2.24) is 0 Å². The predicted molar refractivity (Wildman–Crippen MR) is 76.4 cm³/mol. The molecule has 2 heteroatoms. The average molecular weight is 228 g/mol. The molecule has 0 heterocycles. The first kappa shape index (κ1) is 13.1. The third-order valence-corrected chi connectivity index (χ3v) is 2.40. The number of hydrogen-bond acceptors (Lipinski definition) is 2. The maximum Gasteiger partial charge on any atom is 0.0390 e. The Balaban J connectivity index is 0.000000181. The first-order chi connectivity index (χ1) is 8.11. The Morgan fingerprint density at radius 1 is 0.824 bits per heavy atom. The smallest absolute Gasteiger partial charge is 0.0390 e. The summed E-state index contributed by atoms with van der Waals surface area (Å²) in [5, 5.41) is 0. The molecule has 0 radical (unpaired) electrons. The van der Waals surface area contributed by atoms with E-state index in [1.54, 1.807) is 0 Å². The van der Waals surface area contributed by atoms with Crippen LogP contribution in [0, 0.1) is 6.92 Å². The lowest BCUT2D eigenvalue weighted by atomic mass is 10.2. The first-order valence-electron chi connectivity index (χ1n) is 5.64. The van der Waals surface area contributed by atoms with Crippen molar-refractivity contribution in [2.75, 3.05) is 24.7 Å². The van der Waals surface area contributed by atoms with Gasteiger partial charge < -0.3 is 10.6 Å². The SMILES string of the molecule is Cc1ccccc1N(C)C.Nc1ccccc1. The van der Waals surface area contributed by atoms with E-state index in [1.807, 2.05) is 30.3 Å². The Bertz CT molecular complexity index is 436. The van der Waals surface area contributed by atoms with Crippen LogP contribution in [-0.4, -0.2) is 14.1 Å². The van der Waals surface area contributed by atoms with E-state index < -0.39 is 0 Å². The molecule has 0 spiro atoms. The zero-order valence-electron chi connectivity index (χ0n) is 10.7. The van der Waals surface area contributed by atoms with Gasteiger partial charge in [0.15, 0.2) is 0 Å². The van der Waals surface area contributed by atoms with Crippen molar-refractivity contribution in [2.45, 2.75) is 6.92 Å². The van der Waals surface area contributed by atoms with Gasteiger partial charge in [0.05, 0.1) is 0 Å². The summed E-state index contributed by atoms with van der Waals surface area (Å²) in [4.78, 5) is 2.12. The molecule has 2 N–H and O–H groups in total. The molecule has 0 amide bonds. The van der Waals surface area contributed by atoms with Crippen molar-refractivity contribution in [1.29, 1.82) is 0 Å². The topological polar surface area (TPSA) is 29.3 Å². The van der Waals surface area contributed by atoms with Crippen LogP contribution in [0.4, 0.5) is 11.4 Å². The van der Waals surface area contributed by atoms with Crippen LogP contribution in [-0.2, 0) is 0 Å². The minimum Gasteiger partial charge on any atom is -0.399 e. The number of nitrogens with two attached hydrogens (primary N) is 1. The van der Waals surface area contributed by atoms with E-state index in [4.69, 9.17) is 5.73 Å². The highest BCUT2D eigenvalue weighted by Crippen LogP contribution is 2.15. The third kappa shape index (κ3) is 4.60. The fraction of sp³-hybridized carbons (Fsp3) is 0.200. The highest BCUT2D eigenvalue weighted by molar-refractivity contribution is 5.51. The molecule has 0 fully saturated rings. The third-order valence-electron chi connectivity index (χ3n) is 2.40. The number of anilines is 2. The van der Waals surface area contributed by atoms with E-state index in [9.17, 15) is 0 Å². The van der Waals surface area contributed by atoms with Gasteiger partial charge in [-0.05, 0) is 30.7 Å². The summed E-state index contributed by atoms with van der Waals surface area (Å²) < 4.78 is 0. The number of nitrogens with zero attached hydrogens (tertiary/aromatic N) is 1. The van der Waals surface area contributed by atoms with Crippen molar-refractivity contribution in [2.24, 2.45) is 0 Å². The Hall–Kier alpha value is -1.96. The lowest BCUT2D eigenvalue weighted by Gasteiger charge is -2.14. The number of aryl methyl sites for hydroxylation is 1. The van der Waals surface area contributed by atoms with E-state index in [0.717, 1.165) is 5.69 Å². The maximum absolute atomic E-state index is 5.36. The zero-order chi connectivity index (χ0) is 12.7. The first-order valence-corrected chi connectivity index (χ1v) is 5.64. The van der Waals surface area contributed by atoms with Crippen LogP contribution >= 0.6 is 0 Å². The average Bonchev–Trinajstić information content (AvgIpc) is 2.31. The number of nitrogen functional groups attached to an aromatic ring is 1. The van der Waals surface area contributed by atoms with Gasteiger partial charge in [-0.25, -0.2) is 0 Å². The monoisotopic (exact) mass is 228 g/mol. The molecule has 2 rings (SSSR count). The Morgan fingerprint density at radius 2 is 1.35 bits per heavy atom. The Morgan fingerprint density at radius 3 is 1.71 bits per heavy atom. The van der Waals surface area contributed by atoms with Gasteiger partial charge in [-0.3, -0.25) is 0 Å². The van der Waals surface area contributed by atoms with Gasteiger partial charge >= 0.3 is 0 Å². The molecule has 2 aromatic carbocycles. The lowest BCUT2D eigenvalue weighted by molar-refractivity contribution is 1.11. The normalized spacial score (nSPS) is 9.12. The quantitative estimate of drug-likeness (QED) is 0.759. The maximum atomic E-state index is 5.36. The van der Waals surface area contributed by atoms with E-state index >= 15 is 0 Å². The molecule has 0 unspecified atom stereocenters. The molecule has 0 aromatic heterocycles. The molecule has 0 aliphatic heterocycles. The molecule has 0 bridgehead atoms. The van der Waals surface area contributed by atoms with Crippen molar-refractivity contribution in [3.8, 4) is 0 Å². The highest BCUT2D eigenvalue weighted by Gasteiger charge is 1.95. The van der Waals surface area contributed by atoms with Crippen LogP contribution in [0.15, 0.2) is 54.6 Å². The second-order valence-electron chi connectivity index (χ2n) is 4.09. The molecule has 2 aromatic rings. The predicted octanol–water partition coefficient (Wildman–Crippen LogP) is 3.33. The largest absolute Gasteiger partial charge is 0.399 e. The molecular formula is C15H20N2. The molecule has 90 valence electrons. The highest BCUT2D eigenvalue weighted by atomic mass is 15.1. The van der Waals surface area contributed by atoms with Gasteiger partial charge in [-0.15, -0.1) is 0 Å². The van der Waals surface area contributed by atoms with Crippen LogP contribution < -0.4 is 10.6 Å². The number of para-hydroxylation sites is 2. The molecule has 0 saturated carbocycles. The molecule has 0 aliphatic rings. The Labute approximate surface area is 104 Å². The van der Waals surface area contributed by atoms with Crippen LogP contribution in [0.3, 0.4) is 0 Å². The number of benzene rings is 2. The minimum atomic E-state index is 0.822. The van der Waals surface area contributed by atoms with E-state index in [1.165, 1.54) is 11.3 Å². The summed E-state index contributed by atoms with van der Waals surface area (Å²) in [6.07, 6.45) is 0.